The van der Waals surface area contributed by atoms with Crippen molar-refractivity contribution in [3.8, 4) is 0 Å². The minimum absolute atomic E-state index is 0.134. The number of rotatable bonds is 2. The summed E-state index contributed by atoms with van der Waals surface area (Å²) in [5, 5.41) is 1.46. The summed E-state index contributed by atoms with van der Waals surface area (Å²) >= 11 is 0. The molecule has 0 saturated carbocycles. The highest BCUT2D eigenvalue weighted by Gasteiger charge is 2.33. The molecule has 2 heterocycles. The molecule has 1 saturated heterocycles. The molecule has 0 aliphatic carbocycles. The van der Waals surface area contributed by atoms with E-state index in [1.807, 2.05) is 0 Å². The number of hydrogen-bond donors (Lipinski definition) is 0. The molecule has 0 unspecified atom stereocenters. The maximum Gasteiger partial charge on any atom is 0.417 e. The number of pyridine rings is 1. The number of halogens is 4. The number of anilines is 1. The van der Waals surface area contributed by atoms with E-state index >= 15 is 0 Å². The number of piperazine rings is 1. The minimum Gasteiger partial charge on any atom is -0.367 e. The second-order valence-electron chi connectivity index (χ2n) is 6.57. The SMILES string of the molecule is CC(C)(C)C(=O)ON1CCN(c2ncc(C(F)(F)F)cc2F)CC1. The first kappa shape index (κ1) is 18.4. The third kappa shape index (κ3) is 4.34. The van der Waals surface area contributed by atoms with Gasteiger partial charge in [-0.1, -0.05) is 0 Å². The van der Waals surface area contributed by atoms with Gasteiger partial charge in [0.1, 0.15) is 0 Å². The molecular formula is C15H19F4N3O2. The van der Waals surface area contributed by atoms with Crippen LogP contribution in [0.4, 0.5) is 23.4 Å². The van der Waals surface area contributed by atoms with E-state index in [4.69, 9.17) is 4.84 Å². The number of carbonyl (C=O) groups is 1. The van der Waals surface area contributed by atoms with Crippen LogP contribution in [-0.4, -0.2) is 42.2 Å². The predicted molar refractivity (Wildman–Crippen MR) is 78.5 cm³/mol. The van der Waals surface area contributed by atoms with Crippen LogP contribution in [0.2, 0.25) is 0 Å². The number of hydroxylamine groups is 2. The Morgan fingerprint density at radius 3 is 2.21 bits per heavy atom. The highest BCUT2D eigenvalue weighted by atomic mass is 19.4. The van der Waals surface area contributed by atoms with Crippen molar-refractivity contribution in [3.63, 3.8) is 0 Å². The molecule has 1 aromatic heterocycles. The number of aromatic nitrogens is 1. The van der Waals surface area contributed by atoms with Crippen LogP contribution in [0.25, 0.3) is 0 Å². The molecule has 134 valence electrons. The second kappa shape index (κ2) is 6.54. The van der Waals surface area contributed by atoms with E-state index in [-0.39, 0.29) is 24.9 Å². The smallest absolute Gasteiger partial charge is 0.367 e. The molecule has 1 aliphatic rings. The predicted octanol–water partition coefficient (Wildman–Crippen LogP) is 2.87. The number of alkyl halides is 3. The third-order valence-corrected chi connectivity index (χ3v) is 3.51. The van der Waals surface area contributed by atoms with E-state index in [0.29, 0.717) is 25.4 Å². The fraction of sp³-hybridized carbons (Fsp3) is 0.600. The Balaban J connectivity index is 1.99. The summed E-state index contributed by atoms with van der Waals surface area (Å²) in [6.45, 7) is 6.38. The van der Waals surface area contributed by atoms with Gasteiger partial charge in [0.15, 0.2) is 11.6 Å². The van der Waals surface area contributed by atoms with E-state index < -0.39 is 23.0 Å². The Labute approximate surface area is 137 Å². The van der Waals surface area contributed by atoms with Gasteiger partial charge in [0.2, 0.25) is 0 Å². The third-order valence-electron chi connectivity index (χ3n) is 3.51. The molecule has 0 aromatic carbocycles. The number of hydrogen-bond acceptors (Lipinski definition) is 5. The molecule has 1 aliphatic heterocycles. The standard InChI is InChI=1S/C15H19F4N3O2/c1-14(2,3)13(23)24-22-6-4-21(5-7-22)12-11(16)8-10(9-20-12)15(17,18)19/h8-9H,4-7H2,1-3H3. The van der Waals surface area contributed by atoms with Crippen LogP contribution in [0.1, 0.15) is 26.3 Å². The molecule has 0 spiro atoms. The van der Waals surface area contributed by atoms with E-state index in [1.165, 1.54) is 9.96 Å². The van der Waals surface area contributed by atoms with Crippen molar-refractivity contribution >= 4 is 11.8 Å². The van der Waals surface area contributed by atoms with Crippen LogP contribution in [-0.2, 0) is 15.8 Å². The van der Waals surface area contributed by atoms with Crippen molar-refractivity contribution in [2.24, 2.45) is 5.41 Å². The van der Waals surface area contributed by atoms with Crippen molar-refractivity contribution in [3.05, 3.63) is 23.6 Å². The van der Waals surface area contributed by atoms with Gasteiger partial charge in [0.05, 0.1) is 24.1 Å². The molecule has 5 nitrogen and oxygen atoms in total. The van der Waals surface area contributed by atoms with Crippen LogP contribution in [0.3, 0.4) is 0 Å². The minimum atomic E-state index is -4.63. The summed E-state index contributed by atoms with van der Waals surface area (Å²) in [7, 11) is 0. The zero-order valence-corrected chi connectivity index (χ0v) is 13.7. The summed E-state index contributed by atoms with van der Waals surface area (Å²) in [5.74, 6) is -1.54. The van der Waals surface area contributed by atoms with Gasteiger partial charge in [-0.3, -0.25) is 0 Å². The molecule has 9 heteroatoms. The zero-order chi connectivity index (χ0) is 18.1. The monoisotopic (exact) mass is 349 g/mol. The van der Waals surface area contributed by atoms with E-state index in [1.54, 1.807) is 20.8 Å². The maximum atomic E-state index is 13.9. The van der Waals surface area contributed by atoms with Gasteiger partial charge < -0.3 is 9.74 Å². The molecule has 2 rings (SSSR count). The molecule has 1 fully saturated rings. The van der Waals surface area contributed by atoms with Gasteiger partial charge in [-0.05, 0) is 26.8 Å². The molecule has 0 radical (unpaired) electrons. The van der Waals surface area contributed by atoms with Gasteiger partial charge in [-0.15, -0.1) is 5.06 Å². The van der Waals surface area contributed by atoms with Crippen molar-refractivity contribution in [1.82, 2.24) is 10.0 Å². The summed E-state index contributed by atoms with van der Waals surface area (Å²) < 4.78 is 51.5. The lowest BCUT2D eigenvalue weighted by molar-refractivity contribution is -0.201. The second-order valence-corrected chi connectivity index (χ2v) is 6.57. The fourth-order valence-corrected chi connectivity index (χ4v) is 2.06. The van der Waals surface area contributed by atoms with E-state index in [9.17, 15) is 22.4 Å². The normalized spacial score (nSPS) is 17.0. The van der Waals surface area contributed by atoms with Gasteiger partial charge in [0.25, 0.3) is 0 Å². The first-order chi connectivity index (χ1) is 11.0. The maximum absolute atomic E-state index is 13.9. The molecule has 24 heavy (non-hydrogen) atoms. The van der Waals surface area contributed by atoms with Crippen molar-refractivity contribution in [2.75, 3.05) is 31.1 Å². The average Bonchev–Trinajstić information content (AvgIpc) is 2.46. The fourth-order valence-electron chi connectivity index (χ4n) is 2.06. The Morgan fingerprint density at radius 2 is 1.75 bits per heavy atom. The van der Waals surface area contributed by atoms with Crippen molar-refractivity contribution in [1.29, 1.82) is 0 Å². The lowest BCUT2D eigenvalue weighted by Crippen LogP contribution is -2.48. The van der Waals surface area contributed by atoms with Gasteiger partial charge >= 0.3 is 12.1 Å². The Hall–Kier alpha value is -1.90. The van der Waals surface area contributed by atoms with E-state index in [2.05, 4.69) is 4.98 Å². The quantitative estimate of drug-likeness (QED) is 0.769. The molecule has 0 N–H and O–H groups in total. The topological polar surface area (TPSA) is 45.7 Å². The van der Waals surface area contributed by atoms with E-state index in [0.717, 1.165) is 0 Å². The summed E-state index contributed by atoms with van der Waals surface area (Å²) in [6.07, 6.45) is -4.02. The highest BCUT2D eigenvalue weighted by Crippen LogP contribution is 2.31. The molecule has 0 bridgehead atoms. The molecule has 0 atom stereocenters. The summed E-state index contributed by atoms with van der Waals surface area (Å²) in [5.41, 5.74) is -1.76. The average molecular weight is 349 g/mol. The zero-order valence-electron chi connectivity index (χ0n) is 13.7. The van der Waals surface area contributed by atoms with Crippen LogP contribution in [0, 0.1) is 11.2 Å². The van der Waals surface area contributed by atoms with Crippen molar-refractivity contribution in [2.45, 2.75) is 26.9 Å². The Morgan fingerprint density at radius 1 is 1.17 bits per heavy atom. The van der Waals surface area contributed by atoms with Gasteiger partial charge in [-0.2, -0.15) is 13.2 Å². The lowest BCUT2D eigenvalue weighted by atomic mass is 9.98. The summed E-state index contributed by atoms with van der Waals surface area (Å²) in [6, 6.07) is 0.439. The number of carbonyl (C=O) groups excluding carboxylic acids is 1. The summed E-state index contributed by atoms with van der Waals surface area (Å²) in [4.78, 5) is 22.2. The van der Waals surface area contributed by atoms with Gasteiger partial charge in [-0.25, -0.2) is 14.2 Å². The lowest BCUT2D eigenvalue weighted by Gasteiger charge is -2.35. The van der Waals surface area contributed by atoms with Crippen LogP contribution in [0.15, 0.2) is 12.3 Å². The van der Waals surface area contributed by atoms with Gasteiger partial charge in [0, 0.05) is 19.3 Å². The van der Waals surface area contributed by atoms with Crippen LogP contribution < -0.4 is 4.90 Å². The van der Waals surface area contributed by atoms with Crippen LogP contribution in [0.5, 0.6) is 0 Å². The van der Waals surface area contributed by atoms with Crippen LogP contribution >= 0.6 is 0 Å². The Bertz CT molecular complexity index is 606. The Kier molecular flexibility index (Phi) is 5.03. The molecular weight excluding hydrogens is 330 g/mol. The first-order valence-corrected chi connectivity index (χ1v) is 7.43. The molecule has 0 amide bonds. The first-order valence-electron chi connectivity index (χ1n) is 7.43. The number of nitrogens with zero attached hydrogens (tertiary/aromatic N) is 3. The largest absolute Gasteiger partial charge is 0.417 e. The molecule has 1 aromatic rings. The highest BCUT2D eigenvalue weighted by molar-refractivity contribution is 5.75. The van der Waals surface area contributed by atoms with Crippen molar-refractivity contribution < 1.29 is 27.2 Å².